The van der Waals surface area contributed by atoms with Gasteiger partial charge in [-0.2, -0.15) is 0 Å². The van der Waals surface area contributed by atoms with E-state index in [0.29, 0.717) is 0 Å². The Morgan fingerprint density at radius 1 is 0.846 bits per heavy atom. The average Bonchev–Trinajstić information content (AvgIpc) is 2.22. The van der Waals surface area contributed by atoms with Gasteiger partial charge in [0.1, 0.15) is 0 Å². The van der Waals surface area contributed by atoms with Gasteiger partial charge in [-0.1, -0.05) is 48.0 Å². The van der Waals surface area contributed by atoms with Gasteiger partial charge in [0, 0.05) is 10.4 Å². The zero-order chi connectivity index (χ0) is 9.68. The van der Waals surface area contributed by atoms with Crippen LogP contribution in [0.15, 0.2) is 42.5 Å². The van der Waals surface area contributed by atoms with Crippen molar-refractivity contribution < 1.29 is 0 Å². The molecule has 0 radical (unpaired) electrons. The number of hydrogen-bond donors (Lipinski definition) is 0. The third-order valence-electron chi connectivity index (χ3n) is 1.74. The summed E-state index contributed by atoms with van der Waals surface area (Å²) in [7, 11) is 1.89. The summed E-state index contributed by atoms with van der Waals surface area (Å²) in [6.07, 6.45) is 0. The highest BCUT2D eigenvalue weighted by molar-refractivity contribution is 7.52. The van der Waals surface area contributed by atoms with E-state index in [2.05, 4.69) is 23.4 Å². The van der Waals surface area contributed by atoms with Crippen LogP contribution in [0.5, 0.6) is 0 Å². The van der Waals surface area contributed by atoms with Crippen LogP contribution in [-0.4, -0.2) is 0 Å². The van der Waals surface area contributed by atoms with Crippen LogP contribution in [0.3, 0.4) is 0 Å². The minimum absolute atomic E-state index is 0.822. The topological polar surface area (TPSA) is 0 Å². The van der Waals surface area contributed by atoms with Gasteiger partial charge in [0.15, 0.2) is 0 Å². The van der Waals surface area contributed by atoms with E-state index in [1.165, 1.54) is 5.39 Å². The van der Waals surface area contributed by atoms with E-state index in [9.17, 15) is 0 Å². The number of benzene rings is 2. The Kier molecular flexibility index (Phi) is 4.52. The molecule has 0 heterocycles. The highest BCUT2D eigenvalue weighted by Gasteiger charge is 1.93. The van der Waals surface area contributed by atoms with Gasteiger partial charge in [-0.05, 0) is 20.0 Å². The average molecular weight is 231 g/mol. The molecular weight excluding hydrogens is 222 g/mol. The zero-order valence-electron chi connectivity index (χ0n) is 6.87. The molecule has 13 heavy (non-hydrogen) atoms. The standard InChI is InChI=1S/C10H7Cl.ClH2P/c11-10-7-3-5-8-4-1-2-6-9(8)10;1-2/h1-7H;2H2. The Morgan fingerprint density at radius 2 is 1.46 bits per heavy atom. The Morgan fingerprint density at radius 3 is 2.15 bits per heavy atom. The normalized spacial score (nSPS) is 9.15. The maximum absolute atomic E-state index is 5.96. The largest absolute Gasteiger partial charge is 0.104 e. The lowest BCUT2D eigenvalue weighted by Crippen LogP contribution is -1.70. The van der Waals surface area contributed by atoms with Crippen LogP contribution in [-0.2, 0) is 0 Å². The summed E-state index contributed by atoms with van der Waals surface area (Å²) in [6.45, 7) is 0. The third-order valence-corrected chi connectivity index (χ3v) is 2.07. The number of fused-ring (bicyclic) bond motifs is 1. The van der Waals surface area contributed by atoms with Crippen molar-refractivity contribution in [2.75, 3.05) is 0 Å². The molecule has 0 nitrogen and oxygen atoms in total. The fourth-order valence-corrected chi connectivity index (χ4v) is 1.43. The van der Waals surface area contributed by atoms with Gasteiger partial charge < -0.3 is 0 Å². The Balaban J connectivity index is 0.000000396. The Bertz CT molecular complexity index is 382. The molecule has 2 rings (SSSR count). The lowest BCUT2D eigenvalue weighted by molar-refractivity contribution is 1.75. The van der Waals surface area contributed by atoms with E-state index in [0.717, 1.165) is 10.4 Å². The molecule has 0 fully saturated rings. The van der Waals surface area contributed by atoms with Gasteiger partial charge in [0.25, 0.3) is 0 Å². The van der Waals surface area contributed by atoms with Gasteiger partial charge in [0.2, 0.25) is 0 Å². The summed E-state index contributed by atoms with van der Waals surface area (Å²) < 4.78 is 0. The molecule has 0 spiro atoms. The molecule has 1 atom stereocenters. The number of halogens is 2. The molecule has 0 amide bonds. The van der Waals surface area contributed by atoms with Crippen LogP contribution < -0.4 is 0 Å². The number of hydrogen-bond acceptors (Lipinski definition) is 0. The lowest BCUT2D eigenvalue weighted by Gasteiger charge is -1.97. The molecule has 0 aliphatic heterocycles. The van der Waals surface area contributed by atoms with Crippen molar-refractivity contribution in [3.63, 3.8) is 0 Å². The van der Waals surface area contributed by atoms with Crippen molar-refractivity contribution >= 4 is 42.2 Å². The van der Waals surface area contributed by atoms with Gasteiger partial charge in [-0.25, -0.2) is 0 Å². The van der Waals surface area contributed by atoms with Crippen molar-refractivity contribution in [2.45, 2.75) is 0 Å². The molecule has 68 valence electrons. The van der Waals surface area contributed by atoms with Gasteiger partial charge in [-0.3, -0.25) is 0 Å². The molecule has 2 aromatic carbocycles. The predicted molar refractivity (Wildman–Crippen MR) is 64.5 cm³/mol. The van der Waals surface area contributed by atoms with E-state index in [1.807, 2.05) is 38.9 Å². The first-order chi connectivity index (χ1) is 6.38. The lowest BCUT2D eigenvalue weighted by atomic mass is 10.1. The van der Waals surface area contributed by atoms with Crippen molar-refractivity contribution in [3.05, 3.63) is 47.5 Å². The maximum Gasteiger partial charge on any atom is 0.0484 e. The molecule has 2 aromatic rings. The Labute approximate surface area is 89.8 Å². The van der Waals surface area contributed by atoms with Crippen LogP contribution in [0.25, 0.3) is 10.8 Å². The van der Waals surface area contributed by atoms with Crippen LogP contribution >= 0.6 is 31.4 Å². The second kappa shape index (κ2) is 5.44. The van der Waals surface area contributed by atoms with Crippen LogP contribution in [0.1, 0.15) is 0 Å². The SMILES string of the molecule is Clc1cccc2ccccc12.PCl. The fraction of sp³-hybridized carbons (Fsp3) is 0. The first-order valence-corrected chi connectivity index (χ1v) is 5.85. The van der Waals surface area contributed by atoms with E-state index in [4.69, 9.17) is 11.6 Å². The van der Waals surface area contributed by atoms with Crippen molar-refractivity contribution in [2.24, 2.45) is 0 Å². The van der Waals surface area contributed by atoms with Crippen molar-refractivity contribution in [1.29, 1.82) is 0 Å². The summed E-state index contributed by atoms with van der Waals surface area (Å²) in [5.74, 6) is 0. The molecule has 0 aliphatic carbocycles. The summed E-state index contributed by atoms with van der Waals surface area (Å²) >= 11 is 10.5. The van der Waals surface area contributed by atoms with Crippen LogP contribution in [0, 0.1) is 0 Å². The molecule has 0 saturated carbocycles. The van der Waals surface area contributed by atoms with E-state index in [1.54, 1.807) is 0 Å². The minimum atomic E-state index is 0.822. The van der Waals surface area contributed by atoms with Crippen LogP contribution in [0.4, 0.5) is 0 Å². The predicted octanol–water partition coefficient (Wildman–Crippen LogP) is 4.51. The monoisotopic (exact) mass is 230 g/mol. The van der Waals surface area contributed by atoms with Crippen molar-refractivity contribution in [1.82, 2.24) is 0 Å². The van der Waals surface area contributed by atoms with Gasteiger partial charge >= 0.3 is 0 Å². The number of rotatable bonds is 0. The van der Waals surface area contributed by atoms with Gasteiger partial charge in [-0.15, -0.1) is 11.2 Å². The quantitative estimate of drug-likeness (QED) is 0.585. The fourth-order valence-electron chi connectivity index (χ4n) is 1.19. The summed E-state index contributed by atoms with van der Waals surface area (Å²) in [5.41, 5.74) is 0. The van der Waals surface area contributed by atoms with Gasteiger partial charge in [0.05, 0.1) is 0 Å². The van der Waals surface area contributed by atoms with Crippen LogP contribution in [0.2, 0.25) is 5.02 Å². The third kappa shape index (κ3) is 2.57. The van der Waals surface area contributed by atoms with E-state index in [-0.39, 0.29) is 0 Å². The highest BCUT2D eigenvalue weighted by Crippen LogP contribution is 2.21. The zero-order valence-corrected chi connectivity index (χ0v) is 9.54. The molecule has 0 saturated heterocycles. The molecule has 0 N–H and O–H groups in total. The molecule has 0 aromatic heterocycles. The minimum Gasteiger partial charge on any atom is -0.104 e. The maximum atomic E-state index is 5.96. The first kappa shape index (κ1) is 10.8. The molecule has 1 unspecified atom stereocenters. The van der Waals surface area contributed by atoms with E-state index >= 15 is 0 Å². The highest BCUT2D eigenvalue weighted by atomic mass is 35.7. The second-order valence-corrected chi connectivity index (χ2v) is 2.87. The molecule has 0 bridgehead atoms. The smallest absolute Gasteiger partial charge is 0.0484 e. The first-order valence-electron chi connectivity index (χ1n) is 3.73. The molecule has 3 heteroatoms. The summed E-state index contributed by atoms with van der Waals surface area (Å²) in [6, 6.07) is 14.0. The van der Waals surface area contributed by atoms with E-state index < -0.39 is 0 Å². The van der Waals surface area contributed by atoms with Crippen molar-refractivity contribution in [3.8, 4) is 0 Å². The summed E-state index contributed by atoms with van der Waals surface area (Å²) in [5, 5.41) is 3.14. The molecular formula is C10H9Cl2P. The Hall–Kier alpha value is -0.290. The molecule has 0 aliphatic rings. The second-order valence-electron chi connectivity index (χ2n) is 2.46. The summed E-state index contributed by atoms with van der Waals surface area (Å²) in [4.78, 5) is 0.